The molecule has 2 aromatic carbocycles. The average molecular weight is 279 g/mol. The molecule has 5 nitrogen and oxygen atoms in total. The van der Waals surface area contributed by atoms with E-state index >= 15 is 0 Å². The number of aromatic hydroxyl groups is 1. The molecule has 3 rings (SSSR count). The minimum atomic E-state index is 0.143. The molecule has 3 aromatic rings. The van der Waals surface area contributed by atoms with Gasteiger partial charge in [0.15, 0.2) is 0 Å². The van der Waals surface area contributed by atoms with Gasteiger partial charge in [-0.05, 0) is 24.3 Å². The number of para-hydroxylation sites is 1. The van der Waals surface area contributed by atoms with Gasteiger partial charge in [0.2, 0.25) is 11.8 Å². The average Bonchev–Trinajstić information content (AvgIpc) is 2.49. The van der Waals surface area contributed by atoms with Crippen molar-refractivity contribution < 1.29 is 9.84 Å². The van der Waals surface area contributed by atoms with Crippen LogP contribution in [0.5, 0.6) is 17.4 Å². The smallest absolute Gasteiger partial charge is 0.230 e. The number of nitrogens with zero attached hydrogens (tertiary/aromatic N) is 2. The predicted molar refractivity (Wildman–Crippen MR) is 79.9 cm³/mol. The van der Waals surface area contributed by atoms with E-state index in [1.54, 1.807) is 30.5 Å². The molecule has 0 atom stereocenters. The molecule has 5 heteroatoms. The molecule has 0 fully saturated rings. The van der Waals surface area contributed by atoms with Crippen LogP contribution in [0.15, 0.2) is 66.9 Å². The fourth-order valence-corrected chi connectivity index (χ4v) is 1.78. The van der Waals surface area contributed by atoms with Gasteiger partial charge in [-0.1, -0.05) is 24.3 Å². The second-order valence-electron chi connectivity index (χ2n) is 4.31. The van der Waals surface area contributed by atoms with Crippen molar-refractivity contribution >= 4 is 11.6 Å². The molecule has 0 saturated carbocycles. The number of benzene rings is 2. The van der Waals surface area contributed by atoms with Crippen molar-refractivity contribution in [2.75, 3.05) is 5.32 Å². The fraction of sp³-hybridized carbons (Fsp3) is 0. The van der Waals surface area contributed by atoms with Gasteiger partial charge in [0.05, 0.1) is 0 Å². The number of nitrogens with one attached hydrogen (secondary N) is 1. The fourth-order valence-electron chi connectivity index (χ4n) is 1.78. The number of rotatable bonds is 4. The number of phenols is 1. The SMILES string of the molecule is Oc1cccc(Oc2ccnc(Nc3ccccc3)n2)c1. The van der Waals surface area contributed by atoms with E-state index in [4.69, 9.17) is 4.74 Å². The minimum absolute atomic E-state index is 0.143. The second-order valence-corrected chi connectivity index (χ2v) is 4.31. The quantitative estimate of drug-likeness (QED) is 0.762. The third kappa shape index (κ3) is 3.48. The third-order valence-electron chi connectivity index (χ3n) is 2.70. The summed E-state index contributed by atoms with van der Waals surface area (Å²) in [7, 11) is 0. The molecule has 0 spiro atoms. The molecular weight excluding hydrogens is 266 g/mol. The zero-order chi connectivity index (χ0) is 14.5. The van der Waals surface area contributed by atoms with Crippen LogP contribution in [0.4, 0.5) is 11.6 Å². The second kappa shape index (κ2) is 5.92. The molecular formula is C16H13N3O2. The Labute approximate surface area is 121 Å². The van der Waals surface area contributed by atoms with Crippen molar-refractivity contribution in [2.45, 2.75) is 0 Å². The Bertz CT molecular complexity index is 732. The largest absolute Gasteiger partial charge is 0.508 e. The first kappa shape index (κ1) is 12.9. The molecule has 0 aliphatic rings. The Kier molecular flexibility index (Phi) is 3.64. The van der Waals surface area contributed by atoms with E-state index in [9.17, 15) is 5.11 Å². The summed E-state index contributed by atoms with van der Waals surface area (Å²) in [5.74, 6) is 1.50. The van der Waals surface area contributed by atoms with Crippen molar-refractivity contribution in [3.8, 4) is 17.4 Å². The van der Waals surface area contributed by atoms with Crippen LogP contribution in [-0.2, 0) is 0 Å². The first-order valence-corrected chi connectivity index (χ1v) is 6.41. The molecule has 0 aliphatic heterocycles. The summed E-state index contributed by atoms with van der Waals surface area (Å²) in [6.07, 6.45) is 1.61. The maximum atomic E-state index is 9.42. The molecule has 1 heterocycles. The molecule has 0 amide bonds. The number of anilines is 2. The Morgan fingerprint density at radius 3 is 2.62 bits per heavy atom. The van der Waals surface area contributed by atoms with E-state index in [1.807, 2.05) is 30.3 Å². The summed E-state index contributed by atoms with van der Waals surface area (Å²) in [5, 5.41) is 12.5. The van der Waals surface area contributed by atoms with Crippen LogP contribution < -0.4 is 10.1 Å². The van der Waals surface area contributed by atoms with E-state index in [0.29, 0.717) is 17.6 Å². The molecule has 104 valence electrons. The Morgan fingerprint density at radius 2 is 1.81 bits per heavy atom. The maximum Gasteiger partial charge on any atom is 0.230 e. The molecule has 0 saturated heterocycles. The summed E-state index contributed by atoms with van der Waals surface area (Å²) in [6, 6.07) is 17.8. The maximum absolute atomic E-state index is 9.42. The van der Waals surface area contributed by atoms with Crippen LogP contribution >= 0.6 is 0 Å². The topological polar surface area (TPSA) is 67.3 Å². The minimum Gasteiger partial charge on any atom is -0.508 e. The Balaban J connectivity index is 1.77. The lowest BCUT2D eigenvalue weighted by molar-refractivity contribution is 0.445. The van der Waals surface area contributed by atoms with E-state index in [1.165, 1.54) is 6.07 Å². The van der Waals surface area contributed by atoms with Crippen molar-refractivity contribution in [3.63, 3.8) is 0 Å². The summed E-state index contributed by atoms with van der Waals surface area (Å²) in [4.78, 5) is 8.41. The van der Waals surface area contributed by atoms with Crippen LogP contribution in [0.2, 0.25) is 0 Å². The van der Waals surface area contributed by atoms with Crippen LogP contribution in [0.25, 0.3) is 0 Å². The molecule has 21 heavy (non-hydrogen) atoms. The third-order valence-corrected chi connectivity index (χ3v) is 2.70. The highest BCUT2D eigenvalue weighted by atomic mass is 16.5. The number of ether oxygens (including phenoxy) is 1. The lowest BCUT2D eigenvalue weighted by Crippen LogP contribution is -1.97. The lowest BCUT2D eigenvalue weighted by atomic mass is 10.3. The van der Waals surface area contributed by atoms with E-state index in [2.05, 4.69) is 15.3 Å². The van der Waals surface area contributed by atoms with Crippen LogP contribution in [-0.4, -0.2) is 15.1 Å². The van der Waals surface area contributed by atoms with Gasteiger partial charge in [-0.15, -0.1) is 0 Å². The van der Waals surface area contributed by atoms with Gasteiger partial charge in [-0.2, -0.15) is 4.98 Å². The normalized spacial score (nSPS) is 10.1. The van der Waals surface area contributed by atoms with Crippen molar-refractivity contribution in [1.29, 1.82) is 0 Å². The van der Waals surface area contributed by atoms with Crippen LogP contribution in [0.1, 0.15) is 0 Å². The first-order chi connectivity index (χ1) is 10.3. The molecule has 0 bridgehead atoms. The number of hydrogen-bond donors (Lipinski definition) is 2. The zero-order valence-corrected chi connectivity index (χ0v) is 11.1. The van der Waals surface area contributed by atoms with Crippen LogP contribution in [0, 0.1) is 0 Å². The van der Waals surface area contributed by atoms with Gasteiger partial charge in [0, 0.05) is 24.0 Å². The van der Waals surface area contributed by atoms with Crippen LogP contribution in [0.3, 0.4) is 0 Å². The summed E-state index contributed by atoms with van der Waals surface area (Å²) < 4.78 is 5.59. The van der Waals surface area contributed by atoms with E-state index in [0.717, 1.165) is 5.69 Å². The molecule has 0 aliphatic carbocycles. The van der Waals surface area contributed by atoms with Gasteiger partial charge >= 0.3 is 0 Å². The monoisotopic (exact) mass is 279 g/mol. The van der Waals surface area contributed by atoms with Gasteiger partial charge in [-0.3, -0.25) is 0 Å². The van der Waals surface area contributed by atoms with Gasteiger partial charge in [-0.25, -0.2) is 4.98 Å². The van der Waals surface area contributed by atoms with Gasteiger partial charge in [0.1, 0.15) is 11.5 Å². The van der Waals surface area contributed by atoms with E-state index < -0.39 is 0 Å². The molecule has 0 radical (unpaired) electrons. The lowest BCUT2D eigenvalue weighted by Gasteiger charge is -2.07. The zero-order valence-electron chi connectivity index (χ0n) is 11.1. The standard InChI is InChI=1S/C16H13N3O2/c20-13-7-4-8-14(11-13)21-15-9-10-17-16(19-15)18-12-5-2-1-3-6-12/h1-11,20H,(H,17,18,19). The summed E-state index contributed by atoms with van der Waals surface area (Å²) in [6.45, 7) is 0. The van der Waals surface area contributed by atoms with Gasteiger partial charge in [0.25, 0.3) is 0 Å². The Morgan fingerprint density at radius 1 is 0.952 bits per heavy atom. The van der Waals surface area contributed by atoms with E-state index in [-0.39, 0.29) is 5.75 Å². The van der Waals surface area contributed by atoms with Crippen molar-refractivity contribution in [1.82, 2.24) is 9.97 Å². The number of hydrogen-bond acceptors (Lipinski definition) is 5. The highest BCUT2D eigenvalue weighted by molar-refractivity contribution is 5.52. The summed E-state index contributed by atoms with van der Waals surface area (Å²) in [5.41, 5.74) is 0.895. The number of aromatic nitrogens is 2. The molecule has 0 unspecified atom stereocenters. The summed E-state index contributed by atoms with van der Waals surface area (Å²) >= 11 is 0. The molecule has 1 aromatic heterocycles. The number of phenolic OH excluding ortho intramolecular Hbond substituents is 1. The highest BCUT2D eigenvalue weighted by Gasteiger charge is 2.03. The Hall–Kier alpha value is -3.08. The predicted octanol–water partition coefficient (Wildman–Crippen LogP) is 3.72. The first-order valence-electron chi connectivity index (χ1n) is 6.41. The van der Waals surface area contributed by atoms with Gasteiger partial charge < -0.3 is 15.2 Å². The van der Waals surface area contributed by atoms with Crippen molar-refractivity contribution in [3.05, 3.63) is 66.9 Å². The highest BCUT2D eigenvalue weighted by Crippen LogP contribution is 2.24. The molecule has 2 N–H and O–H groups in total. The van der Waals surface area contributed by atoms with Crippen molar-refractivity contribution in [2.24, 2.45) is 0 Å².